The predicted molar refractivity (Wildman–Crippen MR) is 62.4 cm³/mol. The summed E-state index contributed by atoms with van der Waals surface area (Å²) < 4.78 is 0. The highest BCUT2D eigenvalue weighted by Gasteiger charge is 2.26. The summed E-state index contributed by atoms with van der Waals surface area (Å²) in [6.45, 7) is 4.48. The Kier molecular flexibility index (Phi) is 3.97. The molecule has 2 saturated heterocycles. The van der Waals surface area contributed by atoms with Crippen LogP contribution >= 0.6 is 0 Å². The van der Waals surface area contributed by atoms with E-state index in [1.54, 1.807) is 0 Å². The molecule has 2 heterocycles. The summed E-state index contributed by atoms with van der Waals surface area (Å²) in [4.78, 5) is 2.60. The number of hydrogen-bond donors (Lipinski definition) is 2. The predicted octanol–water partition coefficient (Wildman–Crippen LogP) is 0.00830. The van der Waals surface area contributed by atoms with E-state index >= 15 is 0 Å². The standard InChI is InChI=1S/C11H24N4/c1-14(10-2-6-13-7-3-10)11-4-8-15(12)9-5-11/h10-11,13H,2-9,12H2,1H3. The number of nitrogens with two attached hydrogens (primary N) is 1. The molecule has 0 amide bonds. The van der Waals surface area contributed by atoms with Crippen molar-refractivity contribution in [2.45, 2.75) is 37.8 Å². The number of hydrogen-bond acceptors (Lipinski definition) is 4. The van der Waals surface area contributed by atoms with Crippen molar-refractivity contribution in [2.24, 2.45) is 5.84 Å². The van der Waals surface area contributed by atoms with E-state index in [0.717, 1.165) is 25.2 Å². The Morgan fingerprint density at radius 1 is 1.07 bits per heavy atom. The van der Waals surface area contributed by atoms with Crippen LogP contribution in [0.5, 0.6) is 0 Å². The summed E-state index contributed by atoms with van der Waals surface area (Å²) in [5, 5.41) is 5.38. The average Bonchev–Trinajstić information content (AvgIpc) is 2.30. The highest BCUT2D eigenvalue weighted by atomic mass is 15.4. The van der Waals surface area contributed by atoms with E-state index in [4.69, 9.17) is 5.84 Å². The first-order chi connectivity index (χ1) is 7.27. The highest BCUT2D eigenvalue weighted by molar-refractivity contribution is 4.83. The quantitative estimate of drug-likeness (QED) is 0.633. The van der Waals surface area contributed by atoms with Crippen LogP contribution in [-0.2, 0) is 0 Å². The second-order valence-electron chi connectivity index (χ2n) is 4.91. The van der Waals surface area contributed by atoms with Gasteiger partial charge in [-0.2, -0.15) is 0 Å². The first-order valence-electron chi connectivity index (χ1n) is 6.19. The average molecular weight is 212 g/mol. The van der Waals surface area contributed by atoms with E-state index in [0.29, 0.717) is 0 Å². The van der Waals surface area contributed by atoms with E-state index in [1.807, 2.05) is 5.01 Å². The third-order valence-corrected chi connectivity index (χ3v) is 3.96. The molecule has 15 heavy (non-hydrogen) atoms. The minimum Gasteiger partial charge on any atom is -0.317 e. The first kappa shape index (κ1) is 11.3. The molecule has 0 aromatic carbocycles. The van der Waals surface area contributed by atoms with Crippen LogP contribution in [0.4, 0.5) is 0 Å². The monoisotopic (exact) mass is 212 g/mol. The van der Waals surface area contributed by atoms with Crippen molar-refractivity contribution < 1.29 is 0 Å². The van der Waals surface area contributed by atoms with Gasteiger partial charge in [0.15, 0.2) is 0 Å². The van der Waals surface area contributed by atoms with Crippen molar-refractivity contribution in [1.82, 2.24) is 15.2 Å². The number of nitrogens with one attached hydrogen (secondary N) is 1. The van der Waals surface area contributed by atoms with Crippen LogP contribution in [0, 0.1) is 0 Å². The lowest BCUT2D eigenvalue weighted by Crippen LogP contribution is -2.51. The molecule has 0 aliphatic carbocycles. The van der Waals surface area contributed by atoms with Crippen LogP contribution < -0.4 is 11.2 Å². The van der Waals surface area contributed by atoms with Crippen molar-refractivity contribution in [1.29, 1.82) is 0 Å². The van der Waals surface area contributed by atoms with Crippen molar-refractivity contribution in [3.05, 3.63) is 0 Å². The lowest BCUT2D eigenvalue weighted by Gasteiger charge is -2.40. The van der Waals surface area contributed by atoms with Crippen LogP contribution in [0.15, 0.2) is 0 Å². The van der Waals surface area contributed by atoms with Gasteiger partial charge in [0.2, 0.25) is 0 Å². The van der Waals surface area contributed by atoms with Gasteiger partial charge in [-0.15, -0.1) is 0 Å². The van der Waals surface area contributed by atoms with Gasteiger partial charge in [0.05, 0.1) is 0 Å². The third-order valence-electron chi connectivity index (χ3n) is 3.96. The number of piperidine rings is 2. The van der Waals surface area contributed by atoms with Crippen LogP contribution in [0.3, 0.4) is 0 Å². The normalized spacial score (nSPS) is 27.4. The Morgan fingerprint density at radius 2 is 1.60 bits per heavy atom. The largest absolute Gasteiger partial charge is 0.317 e. The van der Waals surface area contributed by atoms with E-state index < -0.39 is 0 Å². The summed E-state index contributed by atoms with van der Waals surface area (Å²) in [5.74, 6) is 5.78. The zero-order valence-electron chi connectivity index (χ0n) is 9.78. The third kappa shape index (κ3) is 2.91. The molecule has 0 bridgehead atoms. The molecule has 0 atom stereocenters. The first-order valence-corrected chi connectivity index (χ1v) is 6.19. The molecule has 2 fully saturated rings. The lowest BCUT2D eigenvalue weighted by atomic mass is 9.98. The van der Waals surface area contributed by atoms with Gasteiger partial charge in [-0.05, 0) is 45.8 Å². The molecule has 0 radical (unpaired) electrons. The smallest absolute Gasteiger partial charge is 0.0143 e. The maximum atomic E-state index is 5.78. The number of rotatable bonds is 2. The summed E-state index contributed by atoms with van der Waals surface area (Å²) >= 11 is 0. The Morgan fingerprint density at radius 3 is 2.20 bits per heavy atom. The van der Waals surface area contributed by atoms with Gasteiger partial charge in [-0.3, -0.25) is 5.84 Å². The van der Waals surface area contributed by atoms with Crippen LogP contribution in [0.2, 0.25) is 0 Å². The highest BCUT2D eigenvalue weighted by Crippen LogP contribution is 2.19. The fourth-order valence-corrected chi connectivity index (χ4v) is 2.81. The van der Waals surface area contributed by atoms with E-state index in [9.17, 15) is 0 Å². The maximum absolute atomic E-state index is 5.78. The van der Waals surface area contributed by atoms with Crippen LogP contribution in [0.1, 0.15) is 25.7 Å². The van der Waals surface area contributed by atoms with Crippen molar-refractivity contribution in [3.63, 3.8) is 0 Å². The maximum Gasteiger partial charge on any atom is 0.0143 e. The Balaban J connectivity index is 1.81. The molecule has 0 aromatic rings. The minimum atomic E-state index is 0.757. The van der Waals surface area contributed by atoms with Gasteiger partial charge >= 0.3 is 0 Å². The molecule has 2 rings (SSSR count). The Labute approximate surface area is 92.8 Å². The lowest BCUT2D eigenvalue weighted by molar-refractivity contribution is 0.0832. The van der Waals surface area contributed by atoms with Crippen molar-refractivity contribution in [2.75, 3.05) is 33.2 Å². The zero-order valence-corrected chi connectivity index (χ0v) is 9.78. The second-order valence-corrected chi connectivity index (χ2v) is 4.91. The molecule has 2 aliphatic rings. The molecule has 4 nitrogen and oxygen atoms in total. The molecule has 4 heteroatoms. The summed E-state index contributed by atoms with van der Waals surface area (Å²) in [6.07, 6.45) is 5.08. The van der Waals surface area contributed by atoms with Crippen LogP contribution in [-0.4, -0.2) is 55.2 Å². The van der Waals surface area contributed by atoms with Gasteiger partial charge in [-0.25, -0.2) is 5.01 Å². The molecule has 2 aliphatic heterocycles. The molecule has 0 aromatic heterocycles. The van der Waals surface area contributed by atoms with Crippen molar-refractivity contribution in [3.8, 4) is 0 Å². The molecule has 0 unspecified atom stereocenters. The Bertz CT molecular complexity index is 183. The minimum absolute atomic E-state index is 0.757. The van der Waals surface area contributed by atoms with Gasteiger partial charge in [-0.1, -0.05) is 0 Å². The fourth-order valence-electron chi connectivity index (χ4n) is 2.81. The molecular formula is C11H24N4. The Hall–Kier alpha value is -0.160. The van der Waals surface area contributed by atoms with Gasteiger partial charge in [0.25, 0.3) is 0 Å². The van der Waals surface area contributed by atoms with Crippen LogP contribution in [0.25, 0.3) is 0 Å². The van der Waals surface area contributed by atoms with Gasteiger partial charge in [0.1, 0.15) is 0 Å². The molecule has 88 valence electrons. The van der Waals surface area contributed by atoms with E-state index in [2.05, 4.69) is 17.3 Å². The summed E-state index contributed by atoms with van der Waals surface area (Å²) in [7, 11) is 2.30. The van der Waals surface area contributed by atoms with Crippen molar-refractivity contribution >= 4 is 0 Å². The second kappa shape index (κ2) is 5.25. The van der Waals surface area contributed by atoms with Gasteiger partial charge < -0.3 is 10.2 Å². The summed E-state index contributed by atoms with van der Waals surface area (Å²) in [5.41, 5.74) is 0. The van der Waals surface area contributed by atoms with E-state index in [-0.39, 0.29) is 0 Å². The fraction of sp³-hybridized carbons (Fsp3) is 1.00. The molecule has 3 N–H and O–H groups in total. The molecular weight excluding hydrogens is 188 g/mol. The number of hydrazine groups is 1. The molecule has 0 saturated carbocycles. The summed E-state index contributed by atoms with van der Waals surface area (Å²) in [6, 6.07) is 1.55. The number of nitrogens with zero attached hydrogens (tertiary/aromatic N) is 2. The van der Waals surface area contributed by atoms with E-state index in [1.165, 1.54) is 38.8 Å². The molecule has 0 spiro atoms. The SMILES string of the molecule is CN(C1CCNCC1)C1CCN(N)CC1. The van der Waals surface area contributed by atoms with Gasteiger partial charge in [0, 0.05) is 25.2 Å². The topological polar surface area (TPSA) is 44.5 Å². The zero-order chi connectivity index (χ0) is 10.7.